The highest BCUT2D eigenvalue weighted by Gasteiger charge is 2.07. The number of nitrogens with zero attached hydrogens (tertiary/aromatic N) is 2. The monoisotopic (exact) mass is 313 g/mol. The number of ether oxygens (including phenoxy) is 2. The van der Waals surface area contributed by atoms with Gasteiger partial charge in [-0.1, -0.05) is 15.9 Å². The van der Waals surface area contributed by atoms with Crippen molar-refractivity contribution in [3.05, 3.63) is 22.7 Å². The molecule has 2 rings (SSSR count). The first kappa shape index (κ1) is 13.3. The van der Waals surface area contributed by atoms with Crippen molar-refractivity contribution in [2.24, 2.45) is 0 Å². The summed E-state index contributed by atoms with van der Waals surface area (Å²) in [6.45, 7) is 2.48. The van der Waals surface area contributed by atoms with Crippen LogP contribution in [0.25, 0.3) is 11.0 Å². The van der Waals surface area contributed by atoms with Gasteiger partial charge in [0.25, 0.3) is 0 Å². The number of fused-ring (bicyclic) bond motifs is 1. The number of imidazole rings is 1. The Morgan fingerprint density at radius 1 is 1.33 bits per heavy atom. The second-order valence-corrected chi connectivity index (χ2v) is 4.78. The van der Waals surface area contributed by atoms with Crippen LogP contribution in [-0.2, 0) is 16.0 Å². The minimum Gasteiger partial charge on any atom is -0.382 e. The van der Waals surface area contributed by atoms with E-state index in [4.69, 9.17) is 15.2 Å². The summed E-state index contributed by atoms with van der Waals surface area (Å²) in [4.78, 5) is 4.32. The largest absolute Gasteiger partial charge is 0.382 e. The van der Waals surface area contributed by atoms with E-state index in [1.54, 1.807) is 7.11 Å². The molecule has 1 aromatic heterocycles. The summed E-state index contributed by atoms with van der Waals surface area (Å²) < 4.78 is 13.3. The number of halogens is 1. The minimum absolute atomic E-state index is 0.512. The molecule has 2 aromatic rings. The van der Waals surface area contributed by atoms with Crippen LogP contribution in [0.2, 0.25) is 0 Å². The van der Waals surface area contributed by atoms with Gasteiger partial charge >= 0.3 is 0 Å². The lowest BCUT2D eigenvalue weighted by Gasteiger charge is -2.07. The van der Waals surface area contributed by atoms with Crippen LogP contribution in [0.15, 0.2) is 22.7 Å². The number of nitrogens with two attached hydrogens (primary N) is 1. The molecule has 0 amide bonds. The maximum Gasteiger partial charge on any atom is 0.201 e. The molecule has 2 N–H and O–H groups in total. The summed E-state index contributed by atoms with van der Waals surface area (Å²) in [5.41, 5.74) is 7.81. The van der Waals surface area contributed by atoms with Crippen molar-refractivity contribution < 1.29 is 9.47 Å². The molecule has 0 saturated carbocycles. The number of aromatic nitrogens is 2. The lowest BCUT2D eigenvalue weighted by atomic mass is 10.3. The summed E-state index contributed by atoms with van der Waals surface area (Å²) in [5.74, 6) is 0.512. The third kappa shape index (κ3) is 3.01. The van der Waals surface area contributed by atoms with Gasteiger partial charge in [0.2, 0.25) is 5.95 Å². The predicted molar refractivity (Wildman–Crippen MR) is 74.5 cm³/mol. The first-order chi connectivity index (χ1) is 8.72. The Kier molecular flexibility index (Phi) is 4.57. The second-order valence-electron chi connectivity index (χ2n) is 3.86. The van der Waals surface area contributed by atoms with Crippen molar-refractivity contribution in [2.45, 2.75) is 6.54 Å². The fourth-order valence-corrected chi connectivity index (χ4v) is 2.11. The molecule has 1 aromatic carbocycles. The van der Waals surface area contributed by atoms with E-state index < -0.39 is 0 Å². The van der Waals surface area contributed by atoms with Crippen LogP contribution in [0.1, 0.15) is 0 Å². The third-order valence-corrected chi connectivity index (χ3v) is 3.12. The summed E-state index contributed by atoms with van der Waals surface area (Å²) in [6, 6.07) is 5.93. The molecule has 0 bridgehead atoms. The van der Waals surface area contributed by atoms with Crippen molar-refractivity contribution in [3.8, 4) is 0 Å². The van der Waals surface area contributed by atoms with E-state index in [0.29, 0.717) is 32.3 Å². The lowest BCUT2D eigenvalue weighted by Crippen LogP contribution is -2.11. The minimum atomic E-state index is 0.512. The van der Waals surface area contributed by atoms with Crippen LogP contribution in [0.5, 0.6) is 0 Å². The Bertz CT molecular complexity index is 527. The first-order valence-electron chi connectivity index (χ1n) is 5.70. The van der Waals surface area contributed by atoms with Crippen LogP contribution in [0.3, 0.4) is 0 Å². The van der Waals surface area contributed by atoms with Crippen LogP contribution >= 0.6 is 15.9 Å². The predicted octanol–water partition coefficient (Wildman–Crippen LogP) is 2.04. The lowest BCUT2D eigenvalue weighted by molar-refractivity contribution is 0.0671. The van der Waals surface area contributed by atoms with Gasteiger partial charge in [-0.3, -0.25) is 0 Å². The fraction of sp³-hybridized carbons (Fsp3) is 0.417. The molecule has 5 nitrogen and oxygen atoms in total. The Morgan fingerprint density at radius 3 is 2.94 bits per heavy atom. The van der Waals surface area contributed by atoms with E-state index in [-0.39, 0.29) is 0 Å². The van der Waals surface area contributed by atoms with E-state index in [2.05, 4.69) is 20.9 Å². The van der Waals surface area contributed by atoms with Crippen LogP contribution < -0.4 is 5.73 Å². The molecule has 0 spiro atoms. The molecule has 0 radical (unpaired) electrons. The Hall–Kier alpha value is -1.11. The number of hydrogen-bond donors (Lipinski definition) is 1. The van der Waals surface area contributed by atoms with Crippen LogP contribution in [0.4, 0.5) is 5.95 Å². The van der Waals surface area contributed by atoms with Crippen molar-refractivity contribution in [3.63, 3.8) is 0 Å². The number of benzene rings is 1. The normalized spacial score (nSPS) is 11.2. The molecule has 98 valence electrons. The number of hydrogen-bond acceptors (Lipinski definition) is 4. The van der Waals surface area contributed by atoms with E-state index in [1.807, 2.05) is 22.8 Å². The van der Waals surface area contributed by atoms with Gasteiger partial charge in [0.15, 0.2) is 0 Å². The molecular weight excluding hydrogens is 298 g/mol. The zero-order chi connectivity index (χ0) is 13.0. The van der Waals surface area contributed by atoms with Gasteiger partial charge in [-0.25, -0.2) is 4.98 Å². The molecule has 0 atom stereocenters. The van der Waals surface area contributed by atoms with Gasteiger partial charge < -0.3 is 19.8 Å². The molecule has 0 unspecified atom stereocenters. The van der Waals surface area contributed by atoms with Gasteiger partial charge in [-0.2, -0.15) is 0 Å². The SMILES string of the molecule is COCCOCCn1c(N)nc2cc(Br)ccc21. The number of rotatable bonds is 6. The van der Waals surface area contributed by atoms with Gasteiger partial charge in [0.1, 0.15) is 0 Å². The van der Waals surface area contributed by atoms with E-state index in [9.17, 15) is 0 Å². The van der Waals surface area contributed by atoms with E-state index in [1.165, 1.54) is 0 Å². The Labute approximate surface area is 114 Å². The van der Waals surface area contributed by atoms with Gasteiger partial charge in [-0.15, -0.1) is 0 Å². The molecule has 18 heavy (non-hydrogen) atoms. The highest BCUT2D eigenvalue weighted by Crippen LogP contribution is 2.21. The molecule has 6 heteroatoms. The topological polar surface area (TPSA) is 62.3 Å². The smallest absolute Gasteiger partial charge is 0.201 e. The summed E-state index contributed by atoms with van der Waals surface area (Å²) in [6.07, 6.45) is 0. The standard InChI is InChI=1S/C12H16BrN3O2/c1-17-6-7-18-5-4-16-11-3-2-9(13)8-10(11)15-12(16)14/h2-3,8H,4-7H2,1H3,(H2,14,15). The van der Waals surface area contributed by atoms with E-state index in [0.717, 1.165) is 15.5 Å². The highest BCUT2D eigenvalue weighted by atomic mass is 79.9. The maximum absolute atomic E-state index is 5.90. The average molecular weight is 314 g/mol. The van der Waals surface area contributed by atoms with Crippen LogP contribution in [0, 0.1) is 0 Å². The molecule has 0 aliphatic carbocycles. The summed E-state index contributed by atoms with van der Waals surface area (Å²) >= 11 is 3.42. The van der Waals surface area contributed by atoms with Crippen molar-refractivity contribution in [1.29, 1.82) is 0 Å². The number of anilines is 1. The second kappa shape index (κ2) is 6.17. The molecule has 0 aliphatic rings. The first-order valence-corrected chi connectivity index (χ1v) is 6.49. The molecule has 0 fully saturated rings. The molecular formula is C12H16BrN3O2. The van der Waals surface area contributed by atoms with Crippen molar-refractivity contribution in [1.82, 2.24) is 9.55 Å². The van der Waals surface area contributed by atoms with Crippen LogP contribution in [-0.4, -0.2) is 36.5 Å². The van der Waals surface area contributed by atoms with Gasteiger partial charge in [0.05, 0.1) is 30.9 Å². The highest BCUT2D eigenvalue weighted by molar-refractivity contribution is 9.10. The third-order valence-electron chi connectivity index (χ3n) is 2.63. The molecule has 0 saturated heterocycles. The van der Waals surface area contributed by atoms with Gasteiger partial charge in [-0.05, 0) is 18.2 Å². The molecule has 1 heterocycles. The zero-order valence-corrected chi connectivity index (χ0v) is 11.8. The molecule has 0 aliphatic heterocycles. The van der Waals surface area contributed by atoms with Crippen molar-refractivity contribution in [2.75, 3.05) is 32.7 Å². The fourth-order valence-electron chi connectivity index (χ4n) is 1.76. The Morgan fingerprint density at radius 2 is 2.17 bits per heavy atom. The number of methoxy groups -OCH3 is 1. The van der Waals surface area contributed by atoms with Gasteiger partial charge in [0, 0.05) is 18.1 Å². The van der Waals surface area contributed by atoms with E-state index >= 15 is 0 Å². The number of nitrogen functional groups attached to an aromatic ring is 1. The Balaban J connectivity index is 2.05. The van der Waals surface area contributed by atoms with Crippen molar-refractivity contribution >= 4 is 32.9 Å². The maximum atomic E-state index is 5.90. The quantitative estimate of drug-likeness (QED) is 0.829. The summed E-state index contributed by atoms with van der Waals surface area (Å²) in [7, 11) is 1.66. The summed E-state index contributed by atoms with van der Waals surface area (Å²) in [5, 5.41) is 0. The average Bonchev–Trinajstić information content (AvgIpc) is 2.64. The zero-order valence-electron chi connectivity index (χ0n) is 10.2.